The van der Waals surface area contributed by atoms with Gasteiger partial charge in [0.25, 0.3) is 0 Å². The fourth-order valence-electron chi connectivity index (χ4n) is 1.95. The smallest absolute Gasteiger partial charge is 0.126 e. The molecule has 2 aromatic rings. The molecule has 0 fully saturated rings. The van der Waals surface area contributed by atoms with E-state index in [9.17, 15) is 9.50 Å². The molecular formula is C17H19FO2. The van der Waals surface area contributed by atoms with E-state index in [1.165, 1.54) is 11.6 Å². The van der Waals surface area contributed by atoms with E-state index in [1.54, 1.807) is 19.1 Å². The normalized spacial score (nSPS) is 12.2. The van der Waals surface area contributed by atoms with Crippen LogP contribution in [0, 0.1) is 26.6 Å². The van der Waals surface area contributed by atoms with Gasteiger partial charge in [0.05, 0.1) is 0 Å². The summed E-state index contributed by atoms with van der Waals surface area (Å²) in [7, 11) is 0. The van der Waals surface area contributed by atoms with E-state index in [-0.39, 0.29) is 12.4 Å². The third-order valence-electron chi connectivity index (χ3n) is 3.45. The lowest BCUT2D eigenvalue weighted by molar-refractivity contribution is 0.108. The summed E-state index contributed by atoms with van der Waals surface area (Å²) in [5.41, 5.74) is 3.69. The molecule has 0 amide bonds. The molecule has 1 N–H and O–H groups in total. The summed E-state index contributed by atoms with van der Waals surface area (Å²) >= 11 is 0. The summed E-state index contributed by atoms with van der Waals surface area (Å²) in [6.07, 6.45) is -0.695. The monoisotopic (exact) mass is 274 g/mol. The summed E-state index contributed by atoms with van der Waals surface area (Å²) < 4.78 is 18.7. The Balaban J connectivity index is 2.02. The van der Waals surface area contributed by atoms with E-state index in [1.807, 2.05) is 32.0 Å². The highest BCUT2D eigenvalue weighted by Crippen LogP contribution is 2.20. The zero-order chi connectivity index (χ0) is 14.7. The quantitative estimate of drug-likeness (QED) is 0.917. The second-order valence-electron chi connectivity index (χ2n) is 5.08. The van der Waals surface area contributed by atoms with E-state index in [0.29, 0.717) is 11.3 Å². The third kappa shape index (κ3) is 3.36. The Morgan fingerprint density at radius 1 is 1.00 bits per heavy atom. The number of aliphatic hydroxyl groups is 1. The third-order valence-corrected chi connectivity index (χ3v) is 3.45. The van der Waals surface area contributed by atoms with Crippen molar-refractivity contribution in [1.82, 2.24) is 0 Å². The Hall–Kier alpha value is -1.87. The number of halogens is 1. The minimum Gasteiger partial charge on any atom is -0.491 e. The number of hydrogen-bond donors (Lipinski definition) is 1. The molecule has 0 aliphatic rings. The first kappa shape index (κ1) is 14.5. The highest BCUT2D eigenvalue weighted by molar-refractivity contribution is 5.32. The van der Waals surface area contributed by atoms with Crippen LogP contribution in [0.3, 0.4) is 0 Å². The number of benzene rings is 2. The lowest BCUT2D eigenvalue weighted by atomic mass is 10.0. The standard InChI is InChI=1S/C17H19FO2/c1-11-4-5-14(8-12(11)2)17(19)10-20-15-6-7-16(18)13(3)9-15/h4-9,17,19H,10H2,1-3H3. The molecule has 0 aliphatic carbocycles. The minimum absolute atomic E-state index is 0.146. The van der Waals surface area contributed by atoms with Gasteiger partial charge in [-0.3, -0.25) is 0 Å². The average molecular weight is 274 g/mol. The fraction of sp³-hybridized carbons (Fsp3) is 0.294. The van der Waals surface area contributed by atoms with Crippen LogP contribution in [0.1, 0.15) is 28.4 Å². The van der Waals surface area contributed by atoms with Crippen molar-refractivity contribution in [2.45, 2.75) is 26.9 Å². The molecule has 0 bridgehead atoms. The predicted molar refractivity (Wildman–Crippen MR) is 77.5 cm³/mol. The number of aliphatic hydroxyl groups excluding tert-OH is 1. The molecule has 0 spiro atoms. The Labute approximate surface area is 118 Å². The van der Waals surface area contributed by atoms with Crippen molar-refractivity contribution in [2.75, 3.05) is 6.61 Å². The van der Waals surface area contributed by atoms with Gasteiger partial charge in [-0.2, -0.15) is 0 Å². The molecule has 0 aliphatic heterocycles. The van der Waals surface area contributed by atoms with Gasteiger partial charge in [0.1, 0.15) is 24.3 Å². The van der Waals surface area contributed by atoms with Crippen molar-refractivity contribution in [3.05, 3.63) is 64.5 Å². The summed E-state index contributed by atoms with van der Waals surface area (Å²) in [6, 6.07) is 10.4. The van der Waals surface area contributed by atoms with Crippen molar-refractivity contribution in [2.24, 2.45) is 0 Å². The van der Waals surface area contributed by atoms with Crippen LogP contribution in [0.2, 0.25) is 0 Å². The summed E-state index contributed by atoms with van der Waals surface area (Å²) in [6.45, 7) is 5.87. The molecule has 0 saturated carbocycles. The van der Waals surface area contributed by atoms with Crippen molar-refractivity contribution in [1.29, 1.82) is 0 Å². The molecule has 3 heteroatoms. The van der Waals surface area contributed by atoms with Crippen LogP contribution in [-0.2, 0) is 0 Å². The second-order valence-corrected chi connectivity index (χ2v) is 5.08. The second kappa shape index (κ2) is 6.06. The number of rotatable bonds is 4. The van der Waals surface area contributed by atoms with E-state index < -0.39 is 6.10 Å². The summed E-state index contributed by atoms with van der Waals surface area (Å²) in [5.74, 6) is 0.304. The first-order valence-corrected chi connectivity index (χ1v) is 6.61. The Morgan fingerprint density at radius 2 is 1.75 bits per heavy atom. The number of aryl methyl sites for hydroxylation is 3. The van der Waals surface area contributed by atoms with Crippen LogP contribution in [0.5, 0.6) is 5.75 Å². The van der Waals surface area contributed by atoms with Gasteiger partial charge >= 0.3 is 0 Å². The topological polar surface area (TPSA) is 29.5 Å². The molecule has 0 aromatic heterocycles. The maximum Gasteiger partial charge on any atom is 0.126 e. The first-order chi connectivity index (χ1) is 9.47. The van der Waals surface area contributed by atoms with Gasteiger partial charge in [-0.15, -0.1) is 0 Å². The van der Waals surface area contributed by atoms with Gasteiger partial charge in [-0.05, 0) is 61.2 Å². The molecule has 0 radical (unpaired) electrons. The Kier molecular flexibility index (Phi) is 4.40. The van der Waals surface area contributed by atoms with E-state index in [0.717, 1.165) is 11.1 Å². The average Bonchev–Trinajstić information content (AvgIpc) is 2.43. The van der Waals surface area contributed by atoms with Crippen LogP contribution in [-0.4, -0.2) is 11.7 Å². The van der Waals surface area contributed by atoms with Gasteiger partial charge in [0.2, 0.25) is 0 Å². The maximum atomic E-state index is 13.1. The molecule has 2 aromatic carbocycles. The molecule has 0 saturated heterocycles. The van der Waals surface area contributed by atoms with Gasteiger partial charge in [-0.25, -0.2) is 4.39 Å². The van der Waals surface area contributed by atoms with Crippen molar-refractivity contribution in [3.8, 4) is 5.75 Å². The first-order valence-electron chi connectivity index (χ1n) is 6.61. The fourth-order valence-corrected chi connectivity index (χ4v) is 1.95. The lowest BCUT2D eigenvalue weighted by Crippen LogP contribution is -2.10. The van der Waals surface area contributed by atoms with Crippen molar-refractivity contribution in [3.63, 3.8) is 0 Å². The number of hydrogen-bond acceptors (Lipinski definition) is 2. The molecule has 20 heavy (non-hydrogen) atoms. The van der Waals surface area contributed by atoms with Crippen LogP contribution in [0.4, 0.5) is 4.39 Å². The van der Waals surface area contributed by atoms with E-state index in [4.69, 9.17) is 4.74 Å². The predicted octanol–water partition coefficient (Wildman–Crippen LogP) is 3.86. The number of ether oxygens (including phenoxy) is 1. The molecule has 106 valence electrons. The van der Waals surface area contributed by atoms with Gasteiger partial charge in [-0.1, -0.05) is 18.2 Å². The Morgan fingerprint density at radius 3 is 2.40 bits per heavy atom. The zero-order valence-electron chi connectivity index (χ0n) is 12.0. The highest BCUT2D eigenvalue weighted by atomic mass is 19.1. The van der Waals surface area contributed by atoms with Crippen LogP contribution in [0.15, 0.2) is 36.4 Å². The molecule has 1 unspecified atom stereocenters. The largest absolute Gasteiger partial charge is 0.491 e. The molecule has 1 atom stereocenters. The van der Waals surface area contributed by atoms with Crippen LogP contribution >= 0.6 is 0 Å². The van der Waals surface area contributed by atoms with Crippen LogP contribution in [0.25, 0.3) is 0 Å². The Bertz CT molecular complexity index is 608. The highest BCUT2D eigenvalue weighted by Gasteiger charge is 2.10. The summed E-state index contributed by atoms with van der Waals surface area (Å²) in [4.78, 5) is 0. The van der Waals surface area contributed by atoms with Gasteiger partial charge in [0, 0.05) is 0 Å². The molecule has 2 nitrogen and oxygen atoms in total. The molecule has 0 heterocycles. The van der Waals surface area contributed by atoms with Crippen LogP contribution < -0.4 is 4.74 Å². The van der Waals surface area contributed by atoms with Crippen molar-refractivity contribution < 1.29 is 14.2 Å². The SMILES string of the molecule is Cc1ccc(C(O)COc2ccc(F)c(C)c2)cc1C. The molecular weight excluding hydrogens is 255 g/mol. The molecule has 2 rings (SSSR count). The minimum atomic E-state index is -0.695. The van der Waals surface area contributed by atoms with E-state index >= 15 is 0 Å². The van der Waals surface area contributed by atoms with E-state index in [2.05, 4.69) is 0 Å². The van der Waals surface area contributed by atoms with Crippen molar-refractivity contribution >= 4 is 0 Å². The summed E-state index contributed by atoms with van der Waals surface area (Å²) in [5, 5.41) is 10.1. The van der Waals surface area contributed by atoms with Gasteiger partial charge < -0.3 is 9.84 Å². The zero-order valence-corrected chi connectivity index (χ0v) is 12.0. The van der Waals surface area contributed by atoms with Gasteiger partial charge in [0.15, 0.2) is 0 Å². The lowest BCUT2D eigenvalue weighted by Gasteiger charge is -2.14. The maximum absolute atomic E-state index is 13.1.